The SMILES string of the molecule is Brc1cnc(CNCc2ccc3c(c2)OCO3)c(Br)c1. The lowest BCUT2D eigenvalue weighted by molar-refractivity contribution is 0.174. The van der Waals surface area contributed by atoms with Crippen LogP contribution >= 0.6 is 31.9 Å². The largest absolute Gasteiger partial charge is 0.454 e. The van der Waals surface area contributed by atoms with Gasteiger partial charge >= 0.3 is 0 Å². The maximum Gasteiger partial charge on any atom is 0.231 e. The maximum atomic E-state index is 5.36. The van der Waals surface area contributed by atoms with Crippen molar-refractivity contribution in [3.8, 4) is 11.5 Å². The number of ether oxygens (including phenoxy) is 2. The summed E-state index contributed by atoms with van der Waals surface area (Å²) in [6.45, 7) is 1.76. The monoisotopic (exact) mass is 398 g/mol. The first kappa shape index (κ1) is 13.9. The van der Waals surface area contributed by atoms with E-state index in [1.165, 1.54) is 0 Å². The quantitative estimate of drug-likeness (QED) is 0.852. The average Bonchev–Trinajstić information content (AvgIpc) is 2.89. The van der Waals surface area contributed by atoms with Gasteiger partial charge in [0.25, 0.3) is 0 Å². The number of hydrogen-bond acceptors (Lipinski definition) is 4. The molecule has 3 rings (SSSR count). The van der Waals surface area contributed by atoms with Crippen molar-refractivity contribution in [2.75, 3.05) is 6.79 Å². The zero-order valence-corrected chi connectivity index (χ0v) is 13.7. The first-order valence-electron chi connectivity index (χ1n) is 6.11. The molecule has 0 spiro atoms. The van der Waals surface area contributed by atoms with E-state index in [-0.39, 0.29) is 0 Å². The van der Waals surface area contributed by atoms with E-state index in [2.05, 4.69) is 42.2 Å². The number of halogens is 2. The molecule has 0 radical (unpaired) electrons. The number of rotatable bonds is 4. The van der Waals surface area contributed by atoms with E-state index in [0.717, 1.165) is 38.2 Å². The van der Waals surface area contributed by atoms with Gasteiger partial charge in [-0.1, -0.05) is 6.07 Å². The average molecular weight is 400 g/mol. The highest BCUT2D eigenvalue weighted by Gasteiger charge is 2.12. The Balaban J connectivity index is 1.60. The van der Waals surface area contributed by atoms with Gasteiger partial charge in [0.15, 0.2) is 11.5 Å². The van der Waals surface area contributed by atoms with Crippen molar-refractivity contribution >= 4 is 31.9 Å². The third kappa shape index (κ3) is 3.13. The van der Waals surface area contributed by atoms with Crippen LogP contribution < -0.4 is 14.8 Å². The molecule has 0 saturated carbocycles. The lowest BCUT2D eigenvalue weighted by atomic mass is 10.2. The van der Waals surface area contributed by atoms with Crippen LogP contribution in [-0.4, -0.2) is 11.8 Å². The predicted octanol–water partition coefficient (Wildman–Crippen LogP) is 3.63. The molecule has 20 heavy (non-hydrogen) atoms. The molecule has 2 heterocycles. The molecule has 0 saturated heterocycles. The Morgan fingerprint density at radius 3 is 2.80 bits per heavy atom. The molecule has 1 aromatic carbocycles. The molecule has 0 atom stereocenters. The topological polar surface area (TPSA) is 43.4 Å². The van der Waals surface area contributed by atoms with Crippen molar-refractivity contribution in [1.29, 1.82) is 0 Å². The van der Waals surface area contributed by atoms with Crippen LogP contribution in [0.3, 0.4) is 0 Å². The van der Waals surface area contributed by atoms with E-state index in [1.807, 2.05) is 24.3 Å². The Morgan fingerprint density at radius 2 is 1.95 bits per heavy atom. The Hall–Kier alpha value is -1.11. The van der Waals surface area contributed by atoms with Crippen LogP contribution in [-0.2, 0) is 13.1 Å². The van der Waals surface area contributed by atoms with Gasteiger partial charge in [0.2, 0.25) is 6.79 Å². The summed E-state index contributed by atoms with van der Waals surface area (Å²) in [5.74, 6) is 1.62. The van der Waals surface area contributed by atoms with Crippen LogP contribution in [0.25, 0.3) is 0 Å². The van der Waals surface area contributed by atoms with Gasteiger partial charge in [-0.05, 0) is 55.6 Å². The van der Waals surface area contributed by atoms with Gasteiger partial charge in [-0.2, -0.15) is 0 Å². The van der Waals surface area contributed by atoms with Gasteiger partial charge < -0.3 is 14.8 Å². The zero-order valence-electron chi connectivity index (χ0n) is 10.5. The van der Waals surface area contributed by atoms with Crippen LogP contribution in [0.15, 0.2) is 39.4 Å². The minimum Gasteiger partial charge on any atom is -0.454 e. The van der Waals surface area contributed by atoms with Gasteiger partial charge in [0.1, 0.15) is 0 Å². The van der Waals surface area contributed by atoms with Gasteiger partial charge in [-0.25, -0.2) is 0 Å². The van der Waals surface area contributed by atoms with Crippen LogP contribution in [0.5, 0.6) is 11.5 Å². The highest BCUT2D eigenvalue weighted by molar-refractivity contribution is 9.11. The Kier molecular flexibility index (Phi) is 4.24. The molecule has 0 amide bonds. The second kappa shape index (κ2) is 6.11. The van der Waals surface area contributed by atoms with Gasteiger partial charge in [-0.3, -0.25) is 4.98 Å². The highest BCUT2D eigenvalue weighted by Crippen LogP contribution is 2.32. The molecule has 1 aromatic heterocycles. The fourth-order valence-corrected chi connectivity index (χ4v) is 3.08. The maximum absolute atomic E-state index is 5.36. The fourth-order valence-electron chi connectivity index (χ4n) is 1.95. The summed E-state index contributed by atoms with van der Waals surface area (Å²) in [5, 5.41) is 3.37. The first-order valence-corrected chi connectivity index (χ1v) is 7.70. The molecule has 6 heteroatoms. The Labute approximate surface area is 133 Å². The van der Waals surface area contributed by atoms with E-state index < -0.39 is 0 Å². The number of nitrogens with one attached hydrogen (secondary N) is 1. The van der Waals surface area contributed by atoms with E-state index >= 15 is 0 Å². The molecule has 4 nitrogen and oxygen atoms in total. The lowest BCUT2D eigenvalue weighted by Gasteiger charge is -2.07. The number of aromatic nitrogens is 1. The molecule has 0 unspecified atom stereocenters. The minimum atomic E-state index is 0.308. The van der Waals surface area contributed by atoms with Gasteiger partial charge in [-0.15, -0.1) is 0 Å². The summed E-state index contributed by atoms with van der Waals surface area (Å²) in [7, 11) is 0. The summed E-state index contributed by atoms with van der Waals surface area (Å²) in [6.07, 6.45) is 1.79. The number of benzene rings is 1. The number of pyridine rings is 1. The molecular weight excluding hydrogens is 388 g/mol. The van der Waals surface area contributed by atoms with Gasteiger partial charge in [0.05, 0.1) is 5.69 Å². The van der Waals surface area contributed by atoms with E-state index in [4.69, 9.17) is 9.47 Å². The number of fused-ring (bicyclic) bond motifs is 1. The van der Waals surface area contributed by atoms with Gasteiger partial charge in [0, 0.05) is 28.2 Å². The van der Waals surface area contributed by atoms with Crippen molar-refractivity contribution in [2.24, 2.45) is 0 Å². The predicted molar refractivity (Wildman–Crippen MR) is 82.7 cm³/mol. The molecule has 0 bridgehead atoms. The van der Waals surface area contributed by atoms with Crippen LogP contribution in [0.4, 0.5) is 0 Å². The molecular formula is C14H12Br2N2O2. The Bertz CT molecular complexity index is 635. The highest BCUT2D eigenvalue weighted by atomic mass is 79.9. The minimum absolute atomic E-state index is 0.308. The van der Waals surface area contributed by atoms with Crippen LogP contribution in [0.1, 0.15) is 11.3 Å². The van der Waals surface area contributed by atoms with E-state index in [0.29, 0.717) is 13.3 Å². The fraction of sp³-hybridized carbons (Fsp3) is 0.214. The molecule has 0 fully saturated rings. The lowest BCUT2D eigenvalue weighted by Crippen LogP contribution is -2.14. The smallest absolute Gasteiger partial charge is 0.231 e. The van der Waals surface area contributed by atoms with Crippen LogP contribution in [0.2, 0.25) is 0 Å². The molecule has 1 aliphatic rings. The van der Waals surface area contributed by atoms with Crippen LogP contribution in [0, 0.1) is 0 Å². The standard InChI is InChI=1S/C14H12Br2N2O2/c15-10-4-11(16)12(18-6-10)7-17-5-9-1-2-13-14(3-9)20-8-19-13/h1-4,6,17H,5,7-8H2. The molecule has 1 aliphatic heterocycles. The molecule has 1 N–H and O–H groups in total. The summed E-state index contributed by atoms with van der Waals surface area (Å²) >= 11 is 6.90. The summed E-state index contributed by atoms with van der Waals surface area (Å²) in [6, 6.07) is 7.96. The van der Waals surface area contributed by atoms with Crippen molar-refractivity contribution < 1.29 is 9.47 Å². The third-order valence-electron chi connectivity index (χ3n) is 2.94. The summed E-state index contributed by atoms with van der Waals surface area (Å²) in [4.78, 5) is 4.37. The second-order valence-corrected chi connectivity index (χ2v) is 6.14. The molecule has 104 valence electrons. The van der Waals surface area contributed by atoms with Crippen molar-refractivity contribution in [3.05, 3.63) is 50.7 Å². The Morgan fingerprint density at radius 1 is 1.10 bits per heavy atom. The second-order valence-electron chi connectivity index (χ2n) is 4.37. The van der Waals surface area contributed by atoms with E-state index in [9.17, 15) is 0 Å². The molecule has 0 aliphatic carbocycles. The molecule has 2 aromatic rings. The number of hydrogen-bond donors (Lipinski definition) is 1. The summed E-state index contributed by atoms with van der Waals surface area (Å²) in [5.41, 5.74) is 2.14. The van der Waals surface area contributed by atoms with Crippen molar-refractivity contribution in [3.63, 3.8) is 0 Å². The number of nitrogens with zero attached hydrogens (tertiary/aromatic N) is 1. The zero-order chi connectivity index (χ0) is 13.9. The van der Waals surface area contributed by atoms with E-state index in [1.54, 1.807) is 6.20 Å². The normalized spacial score (nSPS) is 12.7. The summed E-state index contributed by atoms with van der Waals surface area (Å²) < 4.78 is 12.6. The first-order chi connectivity index (χ1) is 9.72. The van der Waals surface area contributed by atoms with Crippen molar-refractivity contribution in [1.82, 2.24) is 10.3 Å². The third-order valence-corrected chi connectivity index (χ3v) is 4.06. The van der Waals surface area contributed by atoms with Crippen molar-refractivity contribution in [2.45, 2.75) is 13.1 Å².